The van der Waals surface area contributed by atoms with Gasteiger partial charge in [0.1, 0.15) is 5.76 Å². The van der Waals surface area contributed by atoms with Crippen molar-refractivity contribution in [3.8, 4) is 0 Å². The number of non-ortho nitro benzene ring substituents is 1. The lowest BCUT2D eigenvalue weighted by Crippen LogP contribution is -2.16. The second-order valence-electron chi connectivity index (χ2n) is 4.73. The summed E-state index contributed by atoms with van der Waals surface area (Å²) in [6, 6.07) is 8.46. The van der Waals surface area contributed by atoms with Crippen LogP contribution in [0.1, 0.15) is 19.1 Å². The molecule has 0 spiro atoms. The van der Waals surface area contributed by atoms with Crippen LogP contribution in [-0.4, -0.2) is 11.0 Å². The Morgan fingerprint density at radius 3 is 2.90 bits per heavy atom. The van der Waals surface area contributed by atoms with Crippen LogP contribution in [0.15, 0.2) is 41.0 Å². The van der Waals surface area contributed by atoms with Gasteiger partial charge in [0.05, 0.1) is 11.2 Å². The van der Waals surface area contributed by atoms with E-state index in [4.69, 9.17) is 10.2 Å². The van der Waals surface area contributed by atoms with E-state index in [9.17, 15) is 10.1 Å². The molecule has 0 amide bonds. The van der Waals surface area contributed by atoms with Crippen LogP contribution in [0.2, 0.25) is 0 Å². The van der Waals surface area contributed by atoms with Crippen molar-refractivity contribution in [2.75, 3.05) is 11.1 Å². The number of nitro benzene ring substituents is 1. The first-order chi connectivity index (χ1) is 9.54. The molecule has 0 saturated heterocycles. The number of aryl methyl sites for hydroxylation is 1. The van der Waals surface area contributed by atoms with Crippen molar-refractivity contribution in [1.82, 2.24) is 0 Å². The number of nitrogens with zero attached hydrogens (tertiary/aromatic N) is 1. The molecule has 1 aromatic heterocycles. The standard InChI is InChI=1S/C14H17N3O3/c1-10(4-5-14-3-2-6-20-14)16-12-7-11(15)8-13(9-12)17(18)19/h2-3,6-10,16H,4-5,15H2,1H3. The fourth-order valence-corrected chi connectivity index (χ4v) is 1.99. The third kappa shape index (κ3) is 3.74. The zero-order valence-corrected chi connectivity index (χ0v) is 11.2. The highest BCUT2D eigenvalue weighted by molar-refractivity contribution is 5.61. The molecule has 0 radical (unpaired) electrons. The van der Waals surface area contributed by atoms with Gasteiger partial charge in [0.2, 0.25) is 0 Å². The van der Waals surface area contributed by atoms with Crippen molar-refractivity contribution in [3.05, 3.63) is 52.5 Å². The Morgan fingerprint density at radius 2 is 2.25 bits per heavy atom. The summed E-state index contributed by atoms with van der Waals surface area (Å²) in [4.78, 5) is 10.3. The first kappa shape index (κ1) is 13.9. The van der Waals surface area contributed by atoms with Gasteiger partial charge in [-0.2, -0.15) is 0 Å². The molecule has 0 aliphatic carbocycles. The molecule has 2 rings (SSSR count). The smallest absolute Gasteiger partial charge is 0.273 e. The number of nitrogens with two attached hydrogens (primary N) is 1. The lowest BCUT2D eigenvalue weighted by molar-refractivity contribution is -0.384. The Balaban J connectivity index is 1.96. The van der Waals surface area contributed by atoms with E-state index in [1.165, 1.54) is 12.1 Å². The molecule has 6 nitrogen and oxygen atoms in total. The average molecular weight is 275 g/mol. The number of anilines is 2. The predicted octanol–water partition coefficient (Wildman–Crippen LogP) is 3.20. The van der Waals surface area contributed by atoms with Crippen molar-refractivity contribution < 1.29 is 9.34 Å². The third-order valence-corrected chi connectivity index (χ3v) is 2.97. The summed E-state index contributed by atoms with van der Waals surface area (Å²) in [7, 11) is 0. The van der Waals surface area contributed by atoms with Gasteiger partial charge in [-0.3, -0.25) is 10.1 Å². The summed E-state index contributed by atoms with van der Waals surface area (Å²) < 4.78 is 5.27. The van der Waals surface area contributed by atoms with Gasteiger partial charge in [0.15, 0.2) is 0 Å². The summed E-state index contributed by atoms with van der Waals surface area (Å²) in [6.45, 7) is 2.01. The highest BCUT2D eigenvalue weighted by atomic mass is 16.6. The maximum atomic E-state index is 10.8. The first-order valence-corrected chi connectivity index (χ1v) is 6.38. The topological polar surface area (TPSA) is 94.3 Å². The maximum Gasteiger partial charge on any atom is 0.273 e. The van der Waals surface area contributed by atoms with Crippen molar-refractivity contribution in [1.29, 1.82) is 0 Å². The van der Waals surface area contributed by atoms with Crippen molar-refractivity contribution in [2.45, 2.75) is 25.8 Å². The zero-order valence-electron chi connectivity index (χ0n) is 11.2. The van der Waals surface area contributed by atoms with Gasteiger partial charge in [0, 0.05) is 36.0 Å². The Labute approximate surface area is 116 Å². The van der Waals surface area contributed by atoms with E-state index in [-0.39, 0.29) is 11.7 Å². The van der Waals surface area contributed by atoms with Crippen LogP contribution >= 0.6 is 0 Å². The highest BCUT2D eigenvalue weighted by Crippen LogP contribution is 2.23. The van der Waals surface area contributed by atoms with Crippen LogP contribution in [0, 0.1) is 10.1 Å². The minimum absolute atomic E-state index is 0.00858. The van der Waals surface area contributed by atoms with Gasteiger partial charge >= 0.3 is 0 Å². The second-order valence-corrected chi connectivity index (χ2v) is 4.73. The van der Waals surface area contributed by atoms with Gasteiger partial charge in [-0.1, -0.05) is 0 Å². The van der Waals surface area contributed by atoms with Gasteiger partial charge in [-0.15, -0.1) is 0 Å². The maximum absolute atomic E-state index is 10.8. The zero-order chi connectivity index (χ0) is 14.5. The van der Waals surface area contributed by atoms with Crippen LogP contribution in [0.5, 0.6) is 0 Å². The van der Waals surface area contributed by atoms with Crippen LogP contribution in [0.4, 0.5) is 17.1 Å². The van der Waals surface area contributed by atoms with Crippen LogP contribution in [0.25, 0.3) is 0 Å². The van der Waals surface area contributed by atoms with Gasteiger partial charge in [-0.05, 0) is 31.5 Å². The summed E-state index contributed by atoms with van der Waals surface area (Å²) in [5.74, 6) is 0.928. The fraction of sp³-hybridized carbons (Fsp3) is 0.286. The number of rotatable bonds is 6. The Bertz CT molecular complexity index is 581. The van der Waals surface area contributed by atoms with Crippen LogP contribution < -0.4 is 11.1 Å². The number of furan rings is 1. The van der Waals surface area contributed by atoms with E-state index >= 15 is 0 Å². The monoisotopic (exact) mass is 275 g/mol. The van der Waals surface area contributed by atoms with E-state index < -0.39 is 4.92 Å². The van der Waals surface area contributed by atoms with Crippen molar-refractivity contribution >= 4 is 17.1 Å². The van der Waals surface area contributed by atoms with Gasteiger partial charge in [0.25, 0.3) is 5.69 Å². The summed E-state index contributed by atoms with van der Waals surface area (Å²) >= 11 is 0. The second kappa shape index (κ2) is 6.10. The number of nitro groups is 1. The Kier molecular flexibility index (Phi) is 4.24. The highest BCUT2D eigenvalue weighted by Gasteiger charge is 2.10. The normalized spacial score (nSPS) is 12.1. The molecule has 20 heavy (non-hydrogen) atoms. The lowest BCUT2D eigenvalue weighted by Gasteiger charge is -2.14. The first-order valence-electron chi connectivity index (χ1n) is 6.38. The van der Waals surface area contributed by atoms with E-state index in [1.807, 2.05) is 19.1 Å². The number of hydrogen-bond acceptors (Lipinski definition) is 5. The molecule has 0 saturated carbocycles. The van der Waals surface area contributed by atoms with E-state index in [2.05, 4.69) is 5.32 Å². The van der Waals surface area contributed by atoms with Crippen molar-refractivity contribution in [2.24, 2.45) is 0 Å². The fourth-order valence-electron chi connectivity index (χ4n) is 1.99. The largest absolute Gasteiger partial charge is 0.469 e. The van der Waals surface area contributed by atoms with E-state index in [1.54, 1.807) is 12.3 Å². The molecule has 0 aliphatic rings. The van der Waals surface area contributed by atoms with Crippen LogP contribution in [0.3, 0.4) is 0 Å². The molecule has 106 valence electrons. The van der Waals surface area contributed by atoms with Crippen LogP contribution in [-0.2, 0) is 6.42 Å². The quantitative estimate of drug-likeness (QED) is 0.479. The molecule has 6 heteroatoms. The minimum Gasteiger partial charge on any atom is -0.469 e. The molecule has 1 atom stereocenters. The average Bonchev–Trinajstić information content (AvgIpc) is 2.88. The molecule has 1 unspecified atom stereocenters. The Hall–Kier alpha value is -2.50. The van der Waals surface area contributed by atoms with Gasteiger partial charge in [-0.25, -0.2) is 0 Å². The molecular formula is C14H17N3O3. The molecule has 1 heterocycles. The third-order valence-electron chi connectivity index (χ3n) is 2.97. The number of benzene rings is 1. The molecule has 0 fully saturated rings. The van der Waals surface area contributed by atoms with Crippen molar-refractivity contribution in [3.63, 3.8) is 0 Å². The molecule has 1 aromatic carbocycles. The molecule has 3 N–H and O–H groups in total. The van der Waals surface area contributed by atoms with E-state index in [0.717, 1.165) is 18.6 Å². The van der Waals surface area contributed by atoms with E-state index in [0.29, 0.717) is 11.4 Å². The summed E-state index contributed by atoms with van der Waals surface area (Å²) in [5, 5.41) is 14.0. The SMILES string of the molecule is CC(CCc1ccco1)Nc1cc(N)cc([N+](=O)[O-])c1. The summed E-state index contributed by atoms with van der Waals surface area (Å²) in [5.41, 5.74) is 6.69. The molecular weight excluding hydrogens is 258 g/mol. The van der Waals surface area contributed by atoms with Gasteiger partial charge < -0.3 is 15.5 Å². The predicted molar refractivity (Wildman–Crippen MR) is 77.6 cm³/mol. The summed E-state index contributed by atoms with van der Waals surface area (Å²) in [6.07, 6.45) is 3.32. The molecule has 0 bridgehead atoms. The lowest BCUT2D eigenvalue weighted by atomic mass is 10.1. The molecule has 0 aliphatic heterocycles. The minimum atomic E-state index is -0.449. The Morgan fingerprint density at radius 1 is 1.45 bits per heavy atom. The molecule has 2 aromatic rings. The number of nitrogen functional groups attached to an aromatic ring is 1. The number of nitrogens with one attached hydrogen (secondary N) is 1. The number of hydrogen-bond donors (Lipinski definition) is 2.